The third kappa shape index (κ3) is 4.88. The van der Waals surface area contributed by atoms with E-state index in [1.807, 2.05) is 0 Å². The molecule has 11 heteroatoms. The highest BCUT2D eigenvalue weighted by molar-refractivity contribution is 7.92. The second kappa shape index (κ2) is 7.82. The van der Waals surface area contributed by atoms with Crippen molar-refractivity contribution in [2.75, 3.05) is 24.2 Å². The van der Waals surface area contributed by atoms with Gasteiger partial charge >= 0.3 is 12.0 Å². The van der Waals surface area contributed by atoms with Crippen molar-refractivity contribution in [3.8, 4) is 5.75 Å². The molecule has 2 rings (SSSR count). The summed E-state index contributed by atoms with van der Waals surface area (Å²) in [6.45, 7) is 2.98. The number of urea groups is 1. The molecule has 27 heavy (non-hydrogen) atoms. The summed E-state index contributed by atoms with van der Waals surface area (Å²) in [5, 5.41) is 9.90. The summed E-state index contributed by atoms with van der Waals surface area (Å²) in [4.78, 5) is 36.2. The second-order valence-electron chi connectivity index (χ2n) is 6.31. The number of carboxylic acids is 1. The molecular weight excluding hydrogens is 378 g/mol. The second-order valence-corrected chi connectivity index (χ2v) is 8.61. The smallest absolute Gasteiger partial charge is 0.323 e. The maximum Gasteiger partial charge on any atom is 0.323 e. The zero-order chi connectivity index (χ0) is 20.4. The van der Waals surface area contributed by atoms with Crippen LogP contribution < -0.4 is 15.8 Å². The number of carbonyl (C=O) groups excluding carboxylic acids is 2. The summed E-state index contributed by atoms with van der Waals surface area (Å²) in [6, 6.07) is 3.64. The number of hydrogen-bond donors (Lipinski definition) is 3. The van der Waals surface area contributed by atoms with E-state index in [1.165, 1.54) is 18.2 Å². The molecule has 10 nitrogen and oxygen atoms in total. The minimum Gasteiger partial charge on any atom is -0.490 e. The van der Waals surface area contributed by atoms with E-state index in [2.05, 4.69) is 5.32 Å². The van der Waals surface area contributed by atoms with E-state index in [-0.39, 0.29) is 29.6 Å². The van der Waals surface area contributed by atoms with Gasteiger partial charge in [-0.3, -0.25) is 9.59 Å². The molecule has 0 radical (unpaired) electrons. The van der Waals surface area contributed by atoms with Crippen LogP contribution in [-0.4, -0.2) is 66.5 Å². The molecule has 1 unspecified atom stereocenters. The summed E-state index contributed by atoms with van der Waals surface area (Å²) < 4.78 is 29.1. The number of nitrogens with one attached hydrogen (secondary N) is 1. The Bertz CT molecular complexity index is 867. The maximum absolute atomic E-state index is 12.4. The fourth-order valence-corrected chi connectivity index (χ4v) is 4.03. The van der Waals surface area contributed by atoms with Gasteiger partial charge in [-0.2, -0.15) is 0 Å². The molecule has 1 aromatic carbocycles. The highest BCUT2D eigenvalue weighted by Crippen LogP contribution is 2.24. The van der Waals surface area contributed by atoms with Crippen molar-refractivity contribution in [1.29, 1.82) is 0 Å². The summed E-state index contributed by atoms with van der Waals surface area (Å²) in [5.74, 6) is -2.41. The molecule has 148 valence electrons. The van der Waals surface area contributed by atoms with Crippen molar-refractivity contribution >= 4 is 33.4 Å². The lowest BCUT2D eigenvalue weighted by molar-refractivity contribution is -0.136. The van der Waals surface area contributed by atoms with Crippen molar-refractivity contribution in [3.63, 3.8) is 0 Å². The molecule has 3 amide bonds. The van der Waals surface area contributed by atoms with Crippen molar-refractivity contribution in [2.45, 2.75) is 25.2 Å². The number of nitrogens with zero attached hydrogens (tertiary/aromatic N) is 1. The van der Waals surface area contributed by atoms with Gasteiger partial charge in [0, 0.05) is 18.8 Å². The van der Waals surface area contributed by atoms with Gasteiger partial charge in [-0.25, -0.2) is 13.2 Å². The lowest BCUT2D eigenvalue weighted by Gasteiger charge is -2.30. The molecule has 0 spiro atoms. The Morgan fingerprint density at radius 3 is 2.56 bits per heavy atom. The number of primary amides is 1. The Labute approximate surface area is 156 Å². The minimum atomic E-state index is -3.80. The van der Waals surface area contributed by atoms with Crippen LogP contribution in [0.2, 0.25) is 0 Å². The average Bonchev–Trinajstić information content (AvgIpc) is 2.54. The predicted octanol–water partition coefficient (Wildman–Crippen LogP) is 0.288. The fourth-order valence-electron chi connectivity index (χ4n) is 2.56. The van der Waals surface area contributed by atoms with Crippen molar-refractivity contribution in [2.24, 2.45) is 5.73 Å². The van der Waals surface area contributed by atoms with Gasteiger partial charge < -0.3 is 25.8 Å². The van der Waals surface area contributed by atoms with Crippen LogP contribution in [0.25, 0.3) is 0 Å². The van der Waals surface area contributed by atoms with Crippen LogP contribution in [0.15, 0.2) is 18.2 Å². The van der Waals surface area contributed by atoms with Crippen LogP contribution in [0.3, 0.4) is 0 Å². The summed E-state index contributed by atoms with van der Waals surface area (Å²) in [7, 11) is -3.80. The molecule has 1 saturated heterocycles. The monoisotopic (exact) mass is 399 g/mol. The molecule has 0 saturated carbocycles. The number of aliphatic carboxylic acids is 1. The molecule has 0 aromatic heterocycles. The van der Waals surface area contributed by atoms with Gasteiger partial charge in [-0.05, 0) is 32.0 Å². The van der Waals surface area contributed by atoms with Crippen LogP contribution in [0.1, 0.15) is 24.2 Å². The average molecular weight is 399 g/mol. The first-order chi connectivity index (χ1) is 12.5. The number of benzene rings is 1. The Morgan fingerprint density at radius 1 is 1.33 bits per heavy atom. The Hall–Kier alpha value is -2.82. The zero-order valence-corrected chi connectivity index (χ0v) is 15.7. The van der Waals surface area contributed by atoms with E-state index < -0.39 is 45.3 Å². The Kier molecular flexibility index (Phi) is 5.94. The maximum atomic E-state index is 12.4. The van der Waals surface area contributed by atoms with Crippen molar-refractivity contribution < 1.29 is 32.6 Å². The summed E-state index contributed by atoms with van der Waals surface area (Å²) in [5.41, 5.74) is 5.66. The van der Waals surface area contributed by atoms with Crippen LogP contribution in [0.5, 0.6) is 5.75 Å². The van der Waals surface area contributed by atoms with E-state index in [0.717, 1.165) is 4.90 Å². The lowest BCUT2D eigenvalue weighted by atomic mass is 10.1. The quantitative estimate of drug-likeness (QED) is 0.642. The van der Waals surface area contributed by atoms with Crippen LogP contribution in [0, 0.1) is 0 Å². The lowest BCUT2D eigenvalue weighted by Crippen LogP contribution is -2.53. The molecule has 4 N–H and O–H groups in total. The SMILES string of the molecule is CC(C)Oc1ccc(NC(=O)N2CCS(=O)(=O)C(C(=O)O)C2)cc1C(N)=O. The first-order valence-electron chi connectivity index (χ1n) is 8.12. The predicted molar refractivity (Wildman–Crippen MR) is 96.5 cm³/mol. The summed E-state index contributed by atoms with van der Waals surface area (Å²) in [6.07, 6.45) is -0.188. The molecular formula is C16H21N3O7S. The largest absolute Gasteiger partial charge is 0.490 e. The van der Waals surface area contributed by atoms with Gasteiger partial charge in [-0.15, -0.1) is 0 Å². The van der Waals surface area contributed by atoms with Crippen LogP contribution in [0.4, 0.5) is 10.5 Å². The molecule has 1 heterocycles. The summed E-state index contributed by atoms with van der Waals surface area (Å²) >= 11 is 0. The number of hydrogen-bond acceptors (Lipinski definition) is 6. The van der Waals surface area contributed by atoms with Crippen LogP contribution >= 0.6 is 0 Å². The van der Waals surface area contributed by atoms with E-state index in [1.54, 1.807) is 13.8 Å². The molecule has 1 aliphatic heterocycles. The zero-order valence-electron chi connectivity index (χ0n) is 14.8. The normalized spacial score (nSPS) is 18.8. The third-order valence-electron chi connectivity index (χ3n) is 3.89. The molecule has 0 aliphatic carbocycles. The van der Waals surface area contributed by atoms with Gasteiger partial charge in [0.05, 0.1) is 17.4 Å². The van der Waals surface area contributed by atoms with Crippen LogP contribution in [-0.2, 0) is 14.6 Å². The number of carboxylic acid groups (broad SMARTS) is 1. The molecule has 1 aliphatic rings. The first-order valence-corrected chi connectivity index (χ1v) is 9.83. The Balaban J connectivity index is 2.17. The standard InChI is InChI=1S/C16H21N3O7S/c1-9(2)26-12-4-3-10(7-11(12)14(17)20)18-16(23)19-5-6-27(24,25)13(8-19)15(21)22/h3-4,7,9,13H,5-6,8H2,1-2H3,(H2,17,20)(H,18,23)(H,21,22). The number of nitrogens with two attached hydrogens (primary N) is 1. The van der Waals surface area contributed by atoms with E-state index in [4.69, 9.17) is 15.6 Å². The number of anilines is 1. The molecule has 0 bridgehead atoms. The molecule has 1 fully saturated rings. The number of carbonyl (C=O) groups is 3. The topological polar surface area (TPSA) is 156 Å². The van der Waals surface area contributed by atoms with Crippen molar-refractivity contribution in [3.05, 3.63) is 23.8 Å². The molecule has 1 atom stereocenters. The molecule has 1 aromatic rings. The number of ether oxygens (including phenoxy) is 1. The van der Waals surface area contributed by atoms with Crippen molar-refractivity contribution in [1.82, 2.24) is 4.90 Å². The van der Waals surface area contributed by atoms with E-state index >= 15 is 0 Å². The van der Waals surface area contributed by atoms with Gasteiger partial charge in [0.15, 0.2) is 15.1 Å². The number of amides is 3. The highest BCUT2D eigenvalue weighted by atomic mass is 32.2. The van der Waals surface area contributed by atoms with E-state index in [9.17, 15) is 22.8 Å². The minimum absolute atomic E-state index is 0.0751. The van der Waals surface area contributed by atoms with Gasteiger partial charge in [0.1, 0.15) is 5.75 Å². The number of sulfone groups is 1. The first kappa shape index (κ1) is 20.5. The van der Waals surface area contributed by atoms with Gasteiger partial charge in [0.2, 0.25) is 0 Å². The van der Waals surface area contributed by atoms with Gasteiger partial charge in [0.25, 0.3) is 5.91 Å². The Morgan fingerprint density at radius 2 is 2.00 bits per heavy atom. The number of rotatable bonds is 5. The van der Waals surface area contributed by atoms with E-state index in [0.29, 0.717) is 0 Å². The van der Waals surface area contributed by atoms with Gasteiger partial charge in [-0.1, -0.05) is 0 Å². The fraction of sp³-hybridized carbons (Fsp3) is 0.438. The third-order valence-corrected chi connectivity index (χ3v) is 5.86. The highest BCUT2D eigenvalue weighted by Gasteiger charge is 2.39.